The smallest absolute Gasteiger partial charge is 0.242 e. The zero-order valence-electron chi connectivity index (χ0n) is 11.2. The highest BCUT2D eigenvalue weighted by atomic mass is 32.2. The zero-order valence-corrected chi connectivity index (χ0v) is 12.8. The third-order valence-electron chi connectivity index (χ3n) is 2.56. The molecule has 0 aliphatic heterocycles. The van der Waals surface area contributed by atoms with Crippen molar-refractivity contribution in [2.24, 2.45) is 0 Å². The van der Waals surface area contributed by atoms with Gasteiger partial charge >= 0.3 is 0 Å². The van der Waals surface area contributed by atoms with Gasteiger partial charge in [0.05, 0.1) is 11.4 Å². The highest BCUT2D eigenvalue weighted by Gasteiger charge is 2.17. The van der Waals surface area contributed by atoms with Gasteiger partial charge in [-0.05, 0) is 32.3 Å². The second kappa shape index (κ2) is 6.39. The first-order valence-corrected chi connectivity index (χ1v) is 8.83. The Balaban J connectivity index is 2.97. The lowest BCUT2D eigenvalue weighted by molar-refractivity contribution is 0.588. The molecule has 0 bridgehead atoms. The van der Waals surface area contributed by atoms with Crippen LogP contribution in [-0.2, 0) is 20.0 Å². The van der Waals surface area contributed by atoms with Gasteiger partial charge in [0.2, 0.25) is 20.0 Å². The molecule has 0 heterocycles. The van der Waals surface area contributed by atoms with Gasteiger partial charge < -0.3 is 11.1 Å². The van der Waals surface area contributed by atoms with Crippen LogP contribution in [0.1, 0.15) is 0 Å². The van der Waals surface area contributed by atoms with E-state index >= 15 is 0 Å². The Kier molecular flexibility index (Phi) is 5.34. The molecule has 0 amide bonds. The van der Waals surface area contributed by atoms with E-state index in [0.29, 0.717) is 11.4 Å². The molecule has 0 saturated carbocycles. The van der Waals surface area contributed by atoms with Gasteiger partial charge in [0.25, 0.3) is 0 Å². The Bertz CT molecular complexity index is 670. The van der Waals surface area contributed by atoms with Crippen molar-refractivity contribution in [2.75, 3.05) is 37.4 Å². The van der Waals surface area contributed by atoms with Gasteiger partial charge in [-0.1, -0.05) is 0 Å². The molecular formula is C10H18N4O4S2. The molecule has 1 aromatic carbocycles. The lowest BCUT2D eigenvalue weighted by atomic mass is 10.3. The van der Waals surface area contributed by atoms with Crippen molar-refractivity contribution in [3.05, 3.63) is 18.2 Å². The van der Waals surface area contributed by atoms with Crippen molar-refractivity contribution in [1.82, 2.24) is 9.44 Å². The van der Waals surface area contributed by atoms with Gasteiger partial charge in [-0.2, -0.15) is 0 Å². The fourth-order valence-electron chi connectivity index (χ4n) is 1.44. The van der Waals surface area contributed by atoms with Crippen molar-refractivity contribution in [3.63, 3.8) is 0 Å². The molecule has 0 fully saturated rings. The van der Waals surface area contributed by atoms with Crippen LogP contribution in [0, 0.1) is 0 Å². The van der Waals surface area contributed by atoms with Crippen LogP contribution in [0.5, 0.6) is 0 Å². The third-order valence-corrected chi connectivity index (χ3v) is 5.38. The normalized spacial score (nSPS) is 12.3. The molecule has 0 unspecified atom stereocenters. The van der Waals surface area contributed by atoms with E-state index in [2.05, 4.69) is 14.8 Å². The minimum atomic E-state index is -3.68. The summed E-state index contributed by atoms with van der Waals surface area (Å²) in [5.74, 6) is -0.174. The molecule has 10 heteroatoms. The summed E-state index contributed by atoms with van der Waals surface area (Å²) < 4.78 is 50.6. The topological polar surface area (TPSA) is 130 Å². The van der Waals surface area contributed by atoms with Crippen LogP contribution in [-0.4, -0.2) is 43.2 Å². The quantitative estimate of drug-likeness (QED) is 0.483. The molecule has 5 N–H and O–H groups in total. The first kappa shape index (κ1) is 16.7. The van der Waals surface area contributed by atoms with Crippen LogP contribution in [0.2, 0.25) is 0 Å². The Hall–Kier alpha value is -1.36. The summed E-state index contributed by atoms with van der Waals surface area (Å²) in [7, 11) is -4.43. The lowest BCUT2D eigenvalue weighted by Crippen LogP contribution is -2.27. The monoisotopic (exact) mass is 322 g/mol. The number of rotatable bonds is 7. The predicted molar refractivity (Wildman–Crippen MR) is 78.4 cm³/mol. The van der Waals surface area contributed by atoms with Gasteiger partial charge in [-0.15, -0.1) is 0 Å². The molecule has 0 aliphatic rings. The number of benzene rings is 1. The first-order valence-electron chi connectivity index (χ1n) is 5.70. The van der Waals surface area contributed by atoms with E-state index in [-0.39, 0.29) is 17.2 Å². The Morgan fingerprint density at radius 3 is 2.30 bits per heavy atom. The van der Waals surface area contributed by atoms with Crippen molar-refractivity contribution in [1.29, 1.82) is 0 Å². The molecule has 0 aromatic heterocycles. The maximum absolute atomic E-state index is 11.9. The van der Waals surface area contributed by atoms with Crippen LogP contribution in [0.4, 0.5) is 11.4 Å². The standard InChI is InChI=1S/C10H18N4O4S2/c1-12-19(15,16)6-5-14-9-4-3-8(11)7-10(9)20(17,18)13-2/h3-4,7,12-14H,5-6,11H2,1-2H3. The summed E-state index contributed by atoms with van der Waals surface area (Å²) in [4.78, 5) is -0.0261. The summed E-state index contributed by atoms with van der Waals surface area (Å²) in [6.45, 7) is 0.0688. The average molecular weight is 322 g/mol. The molecule has 0 saturated heterocycles. The molecule has 1 aromatic rings. The van der Waals surface area contributed by atoms with Crippen molar-refractivity contribution >= 4 is 31.4 Å². The first-order chi connectivity index (χ1) is 9.22. The highest BCUT2D eigenvalue weighted by molar-refractivity contribution is 7.89. The van der Waals surface area contributed by atoms with E-state index < -0.39 is 20.0 Å². The second-order valence-corrected chi connectivity index (χ2v) is 7.81. The van der Waals surface area contributed by atoms with E-state index in [1.807, 2.05) is 0 Å². The number of sulfonamides is 2. The van der Waals surface area contributed by atoms with E-state index in [4.69, 9.17) is 5.73 Å². The van der Waals surface area contributed by atoms with Crippen LogP contribution >= 0.6 is 0 Å². The number of hydrogen-bond donors (Lipinski definition) is 4. The Labute approximate surface area is 118 Å². The highest BCUT2D eigenvalue weighted by Crippen LogP contribution is 2.23. The van der Waals surface area contributed by atoms with Gasteiger partial charge in [-0.25, -0.2) is 26.3 Å². The number of nitrogens with two attached hydrogens (primary N) is 1. The number of nitrogens with one attached hydrogen (secondary N) is 3. The van der Waals surface area contributed by atoms with E-state index in [9.17, 15) is 16.8 Å². The van der Waals surface area contributed by atoms with Gasteiger partial charge in [-0.3, -0.25) is 0 Å². The van der Waals surface area contributed by atoms with Crippen molar-refractivity contribution in [2.45, 2.75) is 4.90 Å². The van der Waals surface area contributed by atoms with Crippen LogP contribution in [0.3, 0.4) is 0 Å². The summed E-state index contributed by atoms with van der Waals surface area (Å²) in [5, 5.41) is 2.78. The van der Waals surface area contributed by atoms with Crippen molar-refractivity contribution < 1.29 is 16.8 Å². The van der Waals surface area contributed by atoms with Gasteiger partial charge in [0, 0.05) is 12.2 Å². The SMILES string of the molecule is CNS(=O)(=O)CCNc1ccc(N)cc1S(=O)(=O)NC. The molecule has 114 valence electrons. The minimum absolute atomic E-state index is 0.0261. The van der Waals surface area contributed by atoms with Crippen LogP contribution in [0.15, 0.2) is 23.1 Å². The largest absolute Gasteiger partial charge is 0.399 e. The van der Waals surface area contributed by atoms with Crippen molar-refractivity contribution in [3.8, 4) is 0 Å². The van der Waals surface area contributed by atoms with E-state index in [1.165, 1.54) is 32.3 Å². The summed E-state index contributed by atoms with van der Waals surface area (Å²) in [6, 6.07) is 4.33. The molecule has 8 nitrogen and oxygen atoms in total. The molecule has 1 rings (SSSR count). The van der Waals surface area contributed by atoms with Crippen LogP contribution in [0.25, 0.3) is 0 Å². The number of anilines is 2. The maximum Gasteiger partial charge on any atom is 0.242 e. The maximum atomic E-state index is 11.9. The predicted octanol–water partition coefficient (Wildman–Crippen LogP) is -0.862. The molecular weight excluding hydrogens is 304 g/mol. The van der Waals surface area contributed by atoms with E-state index in [1.54, 1.807) is 0 Å². The number of nitrogen functional groups attached to an aromatic ring is 1. The molecule has 0 radical (unpaired) electrons. The average Bonchev–Trinajstić information content (AvgIpc) is 2.40. The molecule has 0 spiro atoms. The van der Waals surface area contributed by atoms with Gasteiger partial charge in [0.1, 0.15) is 4.90 Å². The lowest BCUT2D eigenvalue weighted by Gasteiger charge is -2.12. The van der Waals surface area contributed by atoms with Crippen LogP contribution < -0.4 is 20.5 Å². The minimum Gasteiger partial charge on any atom is -0.399 e. The third kappa shape index (κ3) is 4.34. The zero-order chi connectivity index (χ0) is 15.4. The molecule has 20 heavy (non-hydrogen) atoms. The van der Waals surface area contributed by atoms with Gasteiger partial charge in [0.15, 0.2) is 0 Å². The fraction of sp³-hybridized carbons (Fsp3) is 0.400. The Morgan fingerprint density at radius 1 is 1.10 bits per heavy atom. The summed E-state index contributed by atoms with van der Waals surface area (Å²) in [5.41, 5.74) is 6.16. The number of hydrogen-bond acceptors (Lipinski definition) is 6. The molecule has 0 atom stereocenters. The molecule has 0 aliphatic carbocycles. The summed E-state index contributed by atoms with van der Waals surface area (Å²) in [6.07, 6.45) is 0. The Morgan fingerprint density at radius 2 is 1.75 bits per heavy atom. The summed E-state index contributed by atoms with van der Waals surface area (Å²) >= 11 is 0. The second-order valence-electron chi connectivity index (χ2n) is 3.91. The van der Waals surface area contributed by atoms with E-state index in [0.717, 1.165) is 0 Å². The fourth-order valence-corrected chi connectivity index (χ4v) is 2.96.